The lowest BCUT2D eigenvalue weighted by Crippen LogP contribution is -2.30. The molecular weight excluding hydrogens is 343 g/mol. The molecule has 28 heavy (non-hydrogen) atoms. The van der Waals surface area contributed by atoms with E-state index in [1.807, 2.05) is 6.07 Å². The Hall–Kier alpha value is -0.850. The Labute approximate surface area is 172 Å². The number of hydrogen-bond acceptors (Lipinski definition) is 0. The fraction of sp³-hybridized carbons (Fsp3) is 0.778. The van der Waals surface area contributed by atoms with Gasteiger partial charge in [-0.1, -0.05) is 58.4 Å². The molecule has 1 aromatic carbocycles. The molecular formula is C27H41F. The maximum Gasteiger partial charge on any atom is 0.126 e. The molecule has 1 heteroatoms. The summed E-state index contributed by atoms with van der Waals surface area (Å²) in [5, 5.41) is 0. The molecule has 156 valence electrons. The first-order chi connectivity index (χ1) is 13.7. The van der Waals surface area contributed by atoms with E-state index >= 15 is 4.39 Å². The summed E-state index contributed by atoms with van der Waals surface area (Å²) in [6, 6.07) is 4.24. The molecule has 5 unspecified atom stereocenters. The van der Waals surface area contributed by atoms with E-state index in [-0.39, 0.29) is 5.82 Å². The van der Waals surface area contributed by atoms with Gasteiger partial charge >= 0.3 is 0 Å². The second kappa shape index (κ2) is 9.31. The van der Waals surface area contributed by atoms with E-state index in [1.165, 1.54) is 94.6 Å². The van der Waals surface area contributed by atoms with Crippen molar-refractivity contribution in [3.05, 3.63) is 34.6 Å². The lowest BCUT2D eigenvalue weighted by molar-refractivity contribution is 0.115. The predicted octanol–water partition coefficient (Wildman–Crippen LogP) is 8.22. The highest BCUT2D eigenvalue weighted by Gasteiger charge is 2.36. The molecule has 3 aliphatic carbocycles. The van der Waals surface area contributed by atoms with Gasteiger partial charge in [-0.2, -0.15) is 0 Å². The van der Waals surface area contributed by atoms with Gasteiger partial charge in [-0.25, -0.2) is 4.39 Å². The fourth-order valence-corrected chi connectivity index (χ4v) is 6.76. The largest absolute Gasteiger partial charge is 0.207 e. The van der Waals surface area contributed by atoms with Gasteiger partial charge in [0.05, 0.1) is 0 Å². The number of hydrogen-bond donors (Lipinski definition) is 0. The maximum absolute atomic E-state index is 15.1. The summed E-state index contributed by atoms with van der Waals surface area (Å²) in [6.07, 6.45) is 18.3. The number of fused-ring (bicyclic) bond motifs is 2. The molecule has 2 saturated carbocycles. The minimum atomic E-state index is 0.110. The van der Waals surface area contributed by atoms with Gasteiger partial charge < -0.3 is 0 Å². The highest BCUT2D eigenvalue weighted by Crippen LogP contribution is 2.49. The lowest BCUT2D eigenvalue weighted by atomic mass is 9.63. The third kappa shape index (κ3) is 4.49. The fourth-order valence-electron chi connectivity index (χ4n) is 6.76. The van der Waals surface area contributed by atoms with E-state index in [4.69, 9.17) is 0 Å². The van der Waals surface area contributed by atoms with Gasteiger partial charge in [0.15, 0.2) is 0 Å². The van der Waals surface area contributed by atoms with Crippen molar-refractivity contribution >= 4 is 0 Å². The first kappa shape index (κ1) is 20.4. The molecule has 0 heterocycles. The van der Waals surface area contributed by atoms with Crippen molar-refractivity contribution in [2.75, 3.05) is 0 Å². The topological polar surface area (TPSA) is 0 Å². The lowest BCUT2D eigenvalue weighted by Gasteiger charge is -2.42. The molecule has 0 aromatic heterocycles. The molecule has 5 atom stereocenters. The van der Waals surface area contributed by atoms with Crippen LogP contribution in [0.4, 0.5) is 4.39 Å². The molecule has 0 aliphatic heterocycles. The van der Waals surface area contributed by atoms with Gasteiger partial charge in [-0.05, 0) is 104 Å². The van der Waals surface area contributed by atoms with Crippen LogP contribution < -0.4 is 0 Å². The number of benzene rings is 1. The quantitative estimate of drug-likeness (QED) is 0.433. The molecule has 2 fully saturated rings. The molecule has 4 rings (SSSR count). The number of halogens is 1. The zero-order chi connectivity index (χ0) is 19.5. The first-order valence-corrected chi connectivity index (χ1v) is 12.5. The van der Waals surface area contributed by atoms with Crippen LogP contribution in [0.2, 0.25) is 0 Å². The van der Waals surface area contributed by atoms with Gasteiger partial charge in [0.2, 0.25) is 0 Å². The summed E-state index contributed by atoms with van der Waals surface area (Å²) in [6.45, 7) is 4.63. The van der Waals surface area contributed by atoms with Crippen molar-refractivity contribution in [2.24, 2.45) is 23.7 Å². The minimum Gasteiger partial charge on any atom is -0.207 e. The first-order valence-electron chi connectivity index (χ1n) is 12.5. The van der Waals surface area contributed by atoms with Crippen LogP contribution in [0.15, 0.2) is 12.1 Å². The van der Waals surface area contributed by atoms with Gasteiger partial charge in [0, 0.05) is 0 Å². The molecule has 0 bridgehead atoms. The minimum absolute atomic E-state index is 0.110. The van der Waals surface area contributed by atoms with E-state index < -0.39 is 0 Å². The summed E-state index contributed by atoms with van der Waals surface area (Å²) in [5.74, 6) is 4.13. The van der Waals surface area contributed by atoms with Crippen molar-refractivity contribution in [3.63, 3.8) is 0 Å². The van der Waals surface area contributed by atoms with E-state index in [1.54, 1.807) is 0 Å². The molecule has 3 aliphatic rings. The summed E-state index contributed by atoms with van der Waals surface area (Å²) in [4.78, 5) is 0. The number of unbranched alkanes of at least 4 members (excludes halogenated alkanes) is 2. The van der Waals surface area contributed by atoms with E-state index in [9.17, 15) is 0 Å². The summed E-state index contributed by atoms with van der Waals surface area (Å²) < 4.78 is 15.1. The van der Waals surface area contributed by atoms with Crippen LogP contribution in [0.3, 0.4) is 0 Å². The molecule has 0 amide bonds. The zero-order valence-corrected chi connectivity index (χ0v) is 18.3. The van der Waals surface area contributed by atoms with E-state index in [2.05, 4.69) is 19.9 Å². The summed E-state index contributed by atoms with van der Waals surface area (Å²) >= 11 is 0. The van der Waals surface area contributed by atoms with Gasteiger partial charge in [-0.15, -0.1) is 0 Å². The Morgan fingerprint density at radius 2 is 1.68 bits per heavy atom. The molecule has 0 N–H and O–H groups in total. The van der Waals surface area contributed by atoms with E-state index in [0.29, 0.717) is 5.92 Å². The average molecular weight is 385 g/mol. The Bertz CT molecular complexity index is 648. The Kier molecular flexibility index (Phi) is 6.79. The molecule has 0 spiro atoms. The van der Waals surface area contributed by atoms with Crippen LogP contribution in [-0.2, 0) is 12.8 Å². The molecule has 1 aromatic rings. The average Bonchev–Trinajstić information content (AvgIpc) is 2.72. The molecule has 0 radical (unpaired) electrons. The van der Waals surface area contributed by atoms with Crippen molar-refractivity contribution in [2.45, 2.75) is 110 Å². The highest BCUT2D eigenvalue weighted by atomic mass is 19.1. The van der Waals surface area contributed by atoms with Gasteiger partial charge in [0.25, 0.3) is 0 Å². The Morgan fingerprint density at radius 3 is 2.50 bits per heavy atom. The molecule has 0 saturated heterocycles. The normalized spacial score (nSPS) is 32.6. The van der Waals surface area contributed by atoms with Crippen LogP contribution in [0, 0.1) is 29.5 Å². The second-order valence-corrected chi connectivity index (χ2v) is 10.4. The van der Waals surface area contributed by atoms with Crippen molar-refractivity contribution in [3.8, 4) is 0 Å². The van der Waals surface area contributed by atoms with E-state index in [0.717, 1.165) is 35.7 Å². The second-order valence-electron chi connectivity index (χ2n) is 10.4. The van der Waals surface area contributed by atoms with Crippen LogP contribution in [0.1, 0.15) is 114 Å². The zero-order valence-electron chi connectivity index (χ0n) is 18.3. The maximum atomic E-state index is 15.1. The van der Waals surface area contributed by atoms with Gasteiger partial charge in [-0.3, -0.25) is 0 Å². The van der Waals surface area contributed by atoms with Crippen molar-refractivity contribution < 1.29 is 4.39 Å². The Morgan fingerprint density at radius 1 is 0.857 bits per heavy atom. The molecule has 0 nitrogen and oxygen atoms in total. The summed E-state index contributed by atoms with van der Waals surface area (Å²) in [5.41, 5.74) is 3.87. The monoisotopic (exact) mass is 384 g/mol. The SMILES string of the molecule is CCCCCC1CCc2cc(C3CCC4CC(CC)CCC4C3)c(F)cc2C1. The van der Waals surface area contributed by atoms with Crippen LogP contribution in [0.25, 0.3) is 0 Å². The standard InChI is InChI=1S/C27H41F/c1-3-5-6-7-20-9-11-23-17-26(27(28)18-25(23)15-20)24-13-12-21-14-19(4-2)8-10-22(21)16-24/h17-22,24H,3-16H2,1-2H3. The number of rotatable bonds is 6. The van der Waals surface area contributed by atoms with Crippen LogP contribution in [0.5, 0.6) is 0 Å². The van der Waals surface area contributed by atoms with Crippen LogP contribution >= 0.6 is 0 Å². The number of aryl methyl sites for hydroxylation is 1. The Balaban J connectivity index is 1.41. The van der Waals surface area contributed by atoms with Crippen molar-refractivity contribution in [1.29, 1.82) is 0 Å². The summed E-state index contributed by atoms with van der Waals surface area (Å²) in [7, 11) is 0. The van der Waals surface area contributed by atoms with Gasteiger partial charge in [0.1, 0.15) is 5.82 Å². The van der Waals surface area contributed by atoms with Crippen molar-refractivity contribution in [1.82, 2.24) is 0 Å². The smallest absolute Gasteiger partial charge is 0.126 e. The third-order valence-electron chi connectivity index (χ3n) is 8.60. The highest BCUT2D eigenvalue weighted by molar-refractivity contribution is 5.37. The predicted molar refractivity (Wildman–Crippen MR) is 117 cm³/mol. The third-order valence-corrected chi connectivity index (χ3v) is 8.60. The van der Waals surface area contributed by atoms with Crippen LogP contribution in [-0.4, -0.2) is 0 Å².